The van der Waals surface area contributed by atoms with Gasteiger partial charge in [0.15, 0.2) is 0 Å². The number of amides is 1. The van der Waals surface area contributed by atoms with Gasteiger partial charge in [-0.15, -0.1) is 10.2 Å². The van der Waals surface area contributed by atoms with E-state index in [1.54, 1.807) is 42.5 Å². The van der Waals surface area contributed by atoms with Gasteiger partial charge in [-0.1, -0.05) is 11.6 Å². The number of non-ortho nitro benzene ring substituents is 1. The Morgan fingerprint density at radius 2 is 1.71 bits per heavy atom. The average molecular weight is 440 g/mol. The Balaban J connectivity index is 1.96. The first-order chi connectivity index (χ1) is 14.7. The highest BCUT2D eigenvalue weighted by Gasteiger charge is 2.13. The standard InChI is InChI=1S/C21H18ClN5O4/c1-26(2)15-7-9-17(24-25-19-12-16(27(30)31)8-10-20(19)28)18(11-15)23-21(29)13-3-5-14(22)6-4-13/h3-12,28H,1-2H3,(H,23,29). The lowest BCUT2D eigenvalue weighted by Crippen LogP contribution is -2.13. The maximum Gasteiger partial charge on any atom is 0.271 e. The van der Waals surface area contributed by atoms with Crippen LogP contribution >= 0.6 is 11.6 Å². The number of carbonyl (C=O) groups excluding carboxylic acids is 1. The SMILES string of the molecule is CN(C)c1ccc(N=Nc2cc([N+](=O)[O-])ccc2O)c(NC(=O)c2ccc(Cl)cc2)c1. The summed E-state index contributed by atoms with van der Waals surface area (Å²) in [4.78, 5) is 24.9. The van der Waals surface area contributed by atoms with Gasteiger partial charge in [0.2, 0.25) is 0 Å². The van der Waals surface area contributed by atoms with Crippen LogP contribution in [0.2, 0.25) is 5.02 Å². The number of carbonyl (C=O) groups is 1. The zero-order chi connectivity index (χ0) is 22.5. The van der Waals surface area contributed by atoms with Gasteiger partial charge in [0.1, 0.15) is 17.1 Å². The second-order valence-corrected chi connectivity index (χ2v) is 7.12. The number of nitrogens with one attached hydrogen (secondary N) is 1. The van der Waals surface area contributed by atoms with E-state index in [-0.39, 0.29) is 23.0 Å². The van der Waals surface area contributed by atoms with Crippen molar-refractivity contribution in [1.82, 2.24) is 0 Å². The summed E-state index contributed by atoms with van der Waals surface area (Å²) in [5.41, 5.74) is 1.59. The molecule has 2 N–H and O–H groups in total. The topological polar surface area (TPSA) is 120 Å². The van der Waals surface area contributed by atoms with Crippen LogP contribution in [-0.2, 0) is 0 Å². The highest BCUT2D eigenvalue weighted by Crippen LogP contribution is 2.35. The van der Waals surface area contributed by atoms with Crippen LogP contribution in [0.25, 0.3) is 0 Å². The van der Waals surface area contributed by atoms with E-state index in [9.17, 15) is 20.0 Å². The van der Waals surface area contributed by atoms with Crippen LogP contribution in [0.4, 0.5) is 28.4 Å². The number of hydrogen-bond acceptors (Lipinski definition) is 7. The summed E-state index contributed by atoms with van der Waals surface area (Å²) in [5.74, 6) is -0.631. The number of azo groups is 1. The molecule has 9 nitrogen and oxygen atoms in total. The van der Waals surface area contributed by atoms with Crippen molar-refractivity contribution in [1.29, 1.82) is 0 Å². The first-order valence-electron chi connectivity index (χ1n) is 9.02. The Hall–Kier alpha value is -3.98. The van der Waals surface area contributed by atoms with Gasteiger partial charge in [0.05, 0.1) is 10.6 Å². The van der Waals surface area contributed by atoms with Gasteiger partial charge in [-0.2, -0.15) is 0 Å². The Morgan fingerprint density at radius 1 is 1.03 bits per heavy atom. The second kappa shape index (κ2) is 9.23. The monoisotopic (exact) mass is 439 g/mol. The van der Waals surface area contributed by atoms with Crippen LogP contribution in [-0.4, -0.2) is 30.0 Å². The molecule has 0 radical (unpaired) electrons. The maximum absolute atomic E-state index is 12.7. The summed E-state index contributed by atoms with van der Waals surface area (Å²) in [5, 5.41) is 32.2. The first kappa shape index (κ1) is 21.7. The largest absolute Gasteiger partial charge is 0.506 e. The molecule has 0 aliphatic carbocycles. The Bertz CT molecular complexity index is 1160. The van der Waals surface area contributed by atoms with Crippen molar-refractivity contribution < 1.29 is 14.8 Å². The molecule has 0 unspecified atom stereocenters. The molecule has 0 spiro atoms. The molecule has 0 saturated heterocycles. The molecule has 158 valence electrons. The van der Waals surface area contributed by atoms with Gasteiger partial charge < -0.3 is 15.3 Å². The fourth-order valence-corrected chi connectivity index (χ4v) is 2.72. The van der Waals surface area contributed by atoms with Crippen LogP contribution < -0.4 is 10.2 Å². The molecule has 31 heavy (non-hydrogen) atoms. The minimum Gasteiger partial charge on any atom is -0.506 e. The minimum absolute atomic E-state index is 0.0686. The van der Waals surface area contributed by atoms with Crippen molar-refractivity contribution in [3.05, 3.63) is 81.4 Å². The highest BCUT2D eigenvalue weighted by atomic mass is 35.5. The number of hydrogen-bond donors (Lipinski definition) is 2. The first-order valence-corrected chi connectivity index (χ1v) is 9.40. The molecule has 1 amide bonds. The van der Waals surface area contributed by atoms with Crippen LogP contribution in [0.1, 0.15) is 10.4 Å². The van der Waals surface area contributed by atoms with Crippen molar-refractivity contribution in [2.24, 2.45) is 10.2 Å². The van der Waals surface area contributed by atoms with E-state index in [0.29, 0.717) is 22.0 Å². The molecular weight excluding hydrogens is 422 g/mol. The average Bonchev–Trinajstić information content (AvgIpc) is 2.73. The van der Waals surface area contributed by atoms with E-state index in [2.05, 4.69) is 15.5 Å². The van der Waals surface area contributed by atoms with E-state index in [1.807, 2.05) is 19.0 Å². The summed E-state index contributed by atoms with van der Waals surface area (Å²) in [7, 11) is 3.70. The minimum atomic E-state index is -0.595. The van der Waals surface area contributed by atoms with Gasteiger partial charge in [0, 0.05) is 42.5 Å². The molecule has 0 atom stereocenters. The Kier molecular flexibility index (Phi) is 6.46. The summed E-state index contributed by atoms with van der Waals surface area (Å²) < 4.78 is 0. The van der Waals surface area contributed by atoms with Crippen molar-refractivity contribution in [2.45, 2.75) is 0 Å². The van der Waals surface area contributed by atoms with Crippen LogP contribution in [0, 0.1) is 10.1 Å². The number of phenolic OH excluding ortho intramolecular Hbond substituents is 1. The van der Waals surface area contributed by atoms with Crippen molar-refractivity contribution >= 4 is 45.9 Å². The van der Waals surface area contributed by atoms with E-state index >= 15 is 0 Å². The lowest BCUT2D eigenvalue weighted by atomic mass is 10.2. The van der Waals surface area contributed by atoms with Crippen molar-refractivity contribution in [3.8, 4) is 5.75 Å². The molecular formula is C21H18ClN5O4. The summed E-state index contributed by atoms with van der Waals surface area (Å²) in [6, 6.07) is 15.0. The van der Waals surface area contributed by atoms with Gasteiger partial charge in [-0.25, -0.2) is 0 Å². The summed E-state index contributed by atoms with van der Waals surface area (Å²) in [6.07, 6.45) is 0. The number of aromatic hydroxyl groups is 1. The summed E-state index contributed by atoms with van der Waals surface area (Å²) in [6.45, 7) is 0. The smallest absolute Gasteiger partial charge is 0.271 e. The number of halogens is 1. The number of anilines is 2. The lowest BCUT2D eigenvalue weighted by molar-refractivity contribution is -0.384. The second-order valence-electron chi connectivity index (χ2n) is 6.69. The molecule has 0 aromatic heterocycles. The quantitative estimate of drug-likeness (QED) is 0.290. The fraction of sp³-hybridized carbons (Fsp3) is 0.0952. The molecule has 0 fully saturated rings. The molecule has 3 aromatic rings. The molecule has 10 heteroatoms. The number of phenols is 1. The maximum atomic E-state index is 12.7. The molecule has 3 rings (SSSR count). The van der Waals surface area contributed by atoms with Crippen LogP contribution in [0.15, 0.2) is 70.9 Å². The molecule has 0 bridgehead atoms. The third kappa shape index (κ3) is 5.34. The Labute approximate surface area is 182 Å². The Morgan fingerprint density at radius 3 is 2.35 bits per heavy atom. The third-order valence-corrected chi connectivity index (χ3v) is 4.54. The van der Waals surface area contributed by atoms with Crippen molar-refractivity contribution in [2.75, 3.05) is 24.3 Å². The van der Waals surface area contributed by atoms with Gasteiger partial charge in [-0.3, -0.25) is 14.9 Å². The number of benzene rings is 3. The zero-order valence-electron chi connectivity index (χ0n) is 16.6. The van der Waals surface area contributed by atoms with Gasteiger partial charge in [0.25, 0.3) is 11.6 Å². The predicted octanol–water partition coefficient (Wildman–Crippen LogP) is 5.69. The van der Waals surface area contributed by atoms with Crippen LogP contribution in [0.3, 0.4) is 0 Å². The molecule has 0 aliphatic rings. The van der Waals surface area contributed by atoms with E-state index in [1.165, 1.54) is 6.07 Å². The molecule has 3 aromatic carbocycles. The zero-order valence-corrected chi connectivity index (χ0v) is 17.4. The molecule has 0 heterocycles. The van der Waals surface area contributed by atoms with E-state index in [4.69, 9.17) is 11.6 Å². The molecule has 0 aliphatic heterocycles. The third-order valence-electron chi connectivity index (χ3n) is 4.29. The van der Waals surface area contributed by atoms with E-state index in [0.717, 1.165) is 17.8 Å². The highest BCUT2D eigenvalue weighted by molar-refractivity contribution is 6.30. The number of nitro groups is 1. The number of nitrogens with zero attached hydrogens (tertiary/aromatic N) is 4. The van der Waals surface area contributed by atoms with Crippen molar-refractivity contribution in [3.63, 3.8) is 0 Å². The van der Waals surface area contributed by atoms with Gasteiger partial charge >= 0.3 is 0 Å². The lowest BCUT2D eigenvalue weighted by Gasteiger charge is -2.15. The van der Waals surface area contributed by atoms with Crippen LogP contribution in [0.5, 0.6) is 5.75 Å². The summed E-state index contributed by atoms with van der Waals surface area (Å²) >= 11 is 5.87. The number of rotatable bonds is 6. The predicted molar refractivity (Wildman–Crippen MR) is 119 cm³/mol. The van der Waals surface area contributed by atoms with E-state index < -0.39 is 4.92 Å². The van der Waals surface area contributed by atoms with Gasteiger partial charge in [-0.05, 0) is 48.5 Å². The molecule has 0 saturated carbocycles. The normalized spacial score (nSPS) is 10.8. The fourth-order valence-electron chi connectivity index (χ4n) is 2.60. The number of nitro benzene ring substituents is 1.